The van der Waals surface area contributed by atoms with Crippen molar-refractivity contribution in [1.29, 1.82) is 5.26 Å². The Balaban J connectivity index is 2.21. The molecule has 2 aromatic rings. The van der Waals surface area contributed by atoms with Gasteiger partial charge in [0, 0.05) is 0 Å². The van der Waals surface area contributed by atoms with E-state index in [1.54, 1.807) is 19.1 Å². The second-order valence-electron chi connectivity index (χ2n) is 4.33. The van der Waals surface area contributed by atoms with Gasteiger partial charge in [-0.05, 0) is 31.2 Å². The van der Waals surface area contributed by atoms with Gasteiger partial charge in [-0.15, -0.1) is 0 Å². The molecule has 1 atom stereocenters. The molecule has 0 radical (unpaired) electrons. The fourth-order valence-corrected chi connectivity index (χ4v) is 1.86. The molecule has 1 heterocycles. The highest BCUT2D eigenvalue weighted by Crippen LogP contribution is 2.25. The van der Waals surface area contributed by atoms with E-state index in [9.17, 15) is 9.18 Å². The van der Waals surface area contributed by atoms with Crippen molar-refractivity contribution in [3.8, 4) is 6.07 Å². The third-order valence-corrected chi connectivity index (χ3v) is 2.94. The number of nitrogens with one attached hydrogen (secondary N) is 1. The van der Waals surface area contributed by atoms with Gasteiger partial charge >= 0.3 is 5.97 Å². The van der Waals surface area contributed by atoms with Gasteiger partial charge in [0.2, 0.25) is 5.76 Å². The van der Waals surface area contributed by atoms with Crippen LogP contribution in [-0.4, -0.2) is 13.1 Å². The van der Waals surface area contributed by atoms with Gasteiger partial charge in [0.05, 0.1) is 18.8 Å². The number of nitriles is 1. The van der Waals surface area contributed by atoms with Crippen LogP contribution < -0.4 is 5.32 Å². The normalized spacial score (nSPS) is 11.5. The number of rotatable bonds is 4. The lowest BCUT2D eigenvalue weighted by atomic mass is 10.1. The summed E-state index contributed by atoms with van der Waals surface area (Å²) in [5.41, 5.74) is 0.296. The third-order valence-electron chi connectivity index (χ3n) is 2.94. The molecule has 0 bridgehead atoms. The van der Waals surface area contributed by atoms with Crippen molar-refractivity contribution in [3.63, 3.8) is 0 Å². The molecule has 0 aliphatic heterocycles. The Labute approximate surface area is 120 Å². The van der Waals surface area contributed by atoms with Gasteiger partial charge in [-0.25, -0.2) is 9.18 Å². The second-order valence-corrected chi connectivity index (χ2v) is 4.33. The molecule has 6 heteroatoms. The summed E-state index contributed by atoms with van der Waals surface area (Å²) in [4.78, 5) is 11.3. The third kappa shape index (κ3) is 3.03. The van der Waals surface area contributed by atoms with Gasteiger partial charge in [0.25, 0.3) is 0 Å². The lowest BCUT2D eigenvalue weighted by Crippen LogP contribution is -2.08. The molecule has 0 fully saturated rings. The number of anilines is 1. The molecule has 0 aliphatic carbocycles. The molecule has 0 amide bonds. The van der Waals surface area contributed by atoms with Crippen LogP contribution in [-0.2, 0) is 4.74 Å². The van der Waals surface area contributed by atoms with Crippen LogP contribution in [0.1, 0.15) is 34.8 Å². The van der Waals surface area contributed by atoms with E-state index in [0.717, 1.165) is 0 Å². The minimum atomic E-state index is -0.593. The van der Waals surface area contributed by atoms with Crippen LogP contribution in [0.2, 0.25) is 0 Å². The maximum Gasteiger partial charge on any atom is 0.373 e. The summed E-state index contributed by atoms with van der Waals surface area (Å²) in [6.07, 6.45) is 0. The van der Waals surface area contributed by atoms with E-state index in [2.05, 4.69) is 10.1 Å². The summed E-state index contributed by atoms with van der Waals surface area (Å²) in [6, 6.07) is 8.90. The molecule has 1 aromatic heterocycles. The molecule has 108 valence electrons. The molecule has 2 rings (SSSR count). The van der Waals surface area contributed by atoms with Crippen molar-refractivity contribution in [2.45, 2.75) is 13.0 Å². The van der Waals surface area contributed by atoms with Crippen molar-refractivity contribution < 1.29 is 18.3 Å². The molecule has 5 nitrogen and oxygen atoms in total. The predicted octanol–water partition coefficient (Wildman–Crippen LogP) is 3.25. The van der Waals surface area contributed by atoms with Crippen LogP contribution in [0, 0.1) is 17.1 Å². The Bertz CT molecular complexity index is 703. The van der Waals surface area contributed by atoms with Gasteiger partial charge < -0.3 is 14.5 Å². The van der Waals surface area contributed by atoms with E-state index >= 15 is 0 Å². The minimum Gasteiger partial charge on any atom is -0.463 e. The summed E-state index contributed by atoms with van der Waals surface area (Å²) in [5, 5.41) is 12.0. The zero-order valence-corrected chi connectivity index (χ0v) is 11.5. The first kappa shape index (κ1) is 14.6. The van der Waals surface area contributed by atoms with Gasteiger partial charge in [0.15, 0.2) is 0 Å². The first-order valence-corrected chi connectivity index (χ1v) is 6.20. The quantitative estimate of drug-likeness (QED) is 0.874. The number of methoxy groups -OCH3 is 1. The maximum absolute atomic E-state index is 13.5. The molecule has 1 aromatic carbocycles. The lowest BCUT2D eigenvalue weighted by molar-refractivity contribution is 0.0562. The zero-order valence-electron chi connectivity index (χ0n) is 11.5. The number of hydrogen-bond donors (Lipinski definition) is 1. The summed E-state index contributed by atoms with van der Waals surface area (Å²) >= 11 is 0. The number of hydrogen-bond acceptors (Lipinski definition) is 5. The molecule has 1 N–H and O–H groups in total. The number of ether oxygens (including phenoxy) is 1. The van der Waals surface area contributed by atoms with Crippen LogP contribution in [0.25, 0.3) is 0 Å². The van der Waals surface area contributed by atoms with E-state index < -0.39 is 11.8 Å². The van der Waals surface area contributed by atoms with Crippen LogP contribution in [0.15, 0.2) is 34.7 Å². The number of benzene rings is 1. The highest BCUT2D eigenvalue weighted by Gasteiger charge is 2.17. The average Bonchev–Trinajstić information content (AvgIpc) is 2.96. The summed E-state index contributed by atoms with van der Waals surface area (Å²) in [6.45, 7) is 1.77. The van der Waals surface area contributed by atoms with Gasteiger partial charge in [-0.2, -0.15) is 5.26 Å². The van der Waals surface area contributed by atoms with Crippen molar-refractivity contribution in [3.05, 3.63) is 53.2 Å². The number of esters is 1. The van der Waals surface area contributed by atoms with Crippen LogP contribution in [0.4, 0.5) is 10.1 Å². The number of nitrogens with zero attached hydrogens (tertiary/aromatic N) is 1. The number of carbonyl (C=O) groups is 1. The first-order chi connectivity index (χ1) is 10.1. The molecule has 0 saturated heterocycles. The lowest BCUT2D eigenvalue weighted by Gasteiger charge is -2.14. The van der Waals surface area contributed by atoms with E-state index in [4.69, 9.17) is 9.68 Å². The monoisotopic (exact) mass is 288 g/mol. The maximum atomic E-state index is 13.5. The molecule has 1 unspecified atom stereocenters. The van der Waals surface area contributed by atoms with Gasteiger partial charge in [-0.1, -0.05) is 6.07 Å². The molecular weight excluding hydrogens is 275 g/mol. The Hall–Kier alpha value is -2.81. The summed E-state index contributed by atoms with van der Waals surface area (Å²) in [5.74, 6) is -0.606. The van der Waals surface area contributed by atoms with Gasteiger partial charge in [0.1, 0.15) is 23.2 Å². The number of carbonyl (C=O) groups excluding carboxylic acids is 1. The van der Waals surface area contributed by atoms with Crippen LogP contribution >= 0.6 is 0 Å². The van der Waals surface area contributed by atoms with Crippen molar-refractivity contribution >= 4 is 11.7 Å². The molecule has 21 heavy (non-hydrogen) atoms. The van der Waals surface area contributed by atoms with Gasteiger partial charge in [-0.3, -0.25) is 0 Å². The Morgan fingerprint density at radius 2 is 2.19 bits per heavy atom. The van der Waals surface area contributed by atoms with Crippen LogP contribution in [0.3, 0.4) is 0 Å². The van der Waals surface area contributed by atoms with Crippen molar-refractivity contribution in [2.75, 3.05) is 12.4 Å². The fourth-order valence-electron chi connectivity index (χ4n) is 1.86. The summed E-state index contributed by atoms with van der Waals surface area (Å²) < 4.78 is 23.4. The van der Waals surface area contributed by atoms with E-state index in [0.29, 0.717) is 11.4 Å². The molecule has 0 saturated carbocycles. The van der Waals surface area contributed by atoms with Crippen molar-refractivity contribution in [2.24, 2.45) is 0 Å². The number of halogens is 1. The summed E-state index contributed by atoms with van der Waals surface area (Å²) in [7, 11) is 1.26. The molecule has 0 spiro atoms. The Kier molecular flexibility index (Phi) is 4.24. The average molecular weight is 288 g/mol. The smallest absolute Gasteiger partial charge is 0.373 e. The standard InChI is InChI=1S/C15H13FN2O3/c1-9(13-6-7-14(21-13)15(19)20-2)18-12-5-3-4-11(16)10(12)8-17/h3-7,9,18H,1-2H3. The Morgan fingerprint density at radius 3 is 2.86 bits per heavy atom. The van der Waals surface area contributed by atoms with E-state index in [1.165, 1.54) is 25.3 Å². The highest BCUT2D eigenvalue weighted by molar-refractivity contribution is 5.86. The predicted molar refractivity (Wildman–Crippen MR) is 73.2 cm³/mol. The SMILES string of the molecule is COC(=O)c1ccc(C(C)Nc2cccc(F)c2C#N)o1. The zero-order chi connectivity index (χ0) is 15.4. The molecule has 0 aliphatic rings. The topological polar surface area (TPSA) is 75.3 Å². The second kappa shape index (κ2) is 6.09. The van der Waals surface area contributed by atoms with Crippen LogP contribution in [0.5, 0.6) is 0 Å². The molecular formula is C15H13FN2O3. The number of furan rings is 1. The fraction of sp³-hybridized carbons (Fsp3) is 0.200. The van der Waals surface area contributed by atoms with E-state index in [1.807, 2.05) is 6.07 Å². The Morgan fingerprint density at radius 1 is 1.43 bits per heavy atom. The first-order valence-electron chi connectivity index (χ1n) is 6.20. The van der Waals surface area contributed by atoms with E-state index in [-0.39, 0.29) is 17.4 Å². The minimum absolute atomic E-state index is 0.0657. The highest BCUT2D eigenvalue weighted by atomic mass is 19.1. The largest absolute Gasteiger partial charge is 0.463 e. The van der Waals surface area contributed by atoms with Crippen molar-refractivity contribution in [1.82, 2.24) is 0 Å².